The van der Waals surface area contributed by atoms with Gasteiger partial charge in [0, 0.05) is 12.8 Å². The van der Waals surface area contributed by atoms with Crippen molar-refractivity contribution in [3.8, 4) is 0 Å². The zero-order valence-corrected chi connectivity index (χ0v) is 13.5. The summed E-state index contributed by atoms with van der Waals surface area (Å²) in [6, 6.07) is 8.67. The average Bonchev–Trinajstić information content (AvgIpc) is 2.25. The molecule has 2 heteroatoms. The van der Waals surface area contributed by atoms with Gasteiger partial charge in [-0.25, -0.2) is 0 Å². The molecule has 1 aromatic rings. The largest absolute Gasteiger partial charge is 0.389 e. The van der Waals surface area contributed by atoms with E-state index in [1.807, 2.05) is 0 Å². The van der Waals surface area contributed by atoms with Crippen molar-refractivity contribution in [3.05, 3.63) is 35.4 Å². The van der Waals surface area contributed by atoms with Crippen molar-refractivity contribution < 1.29 is 9.84 Å². The first-order valence-electron chi connectivity index (χ1n) is 7.56. The van der Waals surface area contributed by atoms with Gasteiger partial charge in [0.15, 0.2) is 0 Å². The van der Waals surface area contributed by atoms with Crippen molar-refractivity contribution in [1.29, 1.82) is 0 Å². The van der Waals surface area contributed by atoms with Gasteiger partial charge in [-0.15, -0.1) is 0 Å². The van der Waals surface area contributed by atoms with Gasteiger partial charge in [-0.05, 0) is 36.8 Å². The molecule has 20 heavy (non-hydrogen) atoms. The second-order valence-corrected chi connectivity index (χ2v) is 7.88. The van der Waals surface area contributed by atoms with Crippen LogP contribution in [0.2, 0.25) is 0 Å². The summed E-state index contributed by atoms with van der Waals surface area (Å²) in [7, 11) is 0. The molecule has 2 nitrogen and oxygen atoms in total. The molecule has 1 N–H and O–H groups in total. The minimum Gasteiger partial charge on any atom is -0.389 e. The number of aliphatic hydroxyl groups is 1. The molecule has 0 aromatic heterocycles. The fourth-order valence-electron chi connectivity index (χ4n) is 3.10. The molecule has 0 amide bonds. The zero-order chi connectivity index (χ0) is 15.0. The fourth-order valence-corrected chi connectivity index (χ4v) is 3.10. The minimum absolute atomic E-state index is 0.177. The standard InChI is InChI=1S/C18H28O2/c1-16(2,3)15-8-6-14(7-9-15)12-18(19)10-11-20-17(4,5)13-18/h6-9,19H,10-13H2,1-5H3. The molecule has 2 rings (SSSR count). The quantitative estimate of drug-likeness (QED) is 0.889. The first-order valence-corrected chi connectivity index (χ1v) is 7.56. The molecule has 1 aliphatic heterocycles. The maximum Gasteiger partial charge on any atom is 0.0737 e. The average molecular weight is 276 g/mol. The first kappa shape index (κ1) is 15.5. The molecule has 1 heterocycles. The van der Waals surface area contributed by atoms with Gasteiger partial charge in [0.2, 0.25) is 0 Å². The molecule has 0 bridgehead atoms. The second-order valence-electron chi connectivity index (χ2n) is 7.88. The monoisotopic (exact) mass is 276 g/mol. The van der Waals surface area contributed by atoms with E-state index < -0.39 is 5.60 Å². The highest BCUT2D eigenvalue weighted by molar-refractivity contribution is 5.28. The summed E-state index contributed by atoms with van der Waals surface area (Å²) in [4.78, 5) is 0. The van der Waals surface area contributed by atoms with E-state index in [4.69, 9.17) is 4.74 Å². The molecule has 0 radical (unpaired) electrons. The summed E-state index contributed by atoms with van der Waals surface area (Å²) in [5.41, 5.74) is 1.86. The highest BCUT2D eigenvalue weighted by Gasteiger charge is 2.39. The van der Waals surface area contributed by atoms with Crippen LogP contribution in [0.3, 0.4) is 0 Å². The summed E-state index contributed by atoms with van der Waals surface area (Å²) in [5, 5.41) is 10.8. The number of benzene rings is 1. The molecule has 0 aliphatic carbocycles. The lowest BCUT2D eigenvalue weighted by Crippen LogP contribution is -2.47. The van der Waals surface area contributed by atoms with Crippen molar-refractivity contribution in [1.82, 2.24) is 0 Å². The number of hydrogen-bond acceptors (Lipinski definition) is 2. The summed E-state index contributed by atoms with van der Waals surface area (Å²) in [6.07, 6.45) is 2.13. The molecule has 1 unspecified atom stereocenters. The Kier molecular flexibility index (Phi) is 4.01. The van der Waals surface area contributed by atoms with Crippen LogP contribution in [0.1, 0.15) is 58.6 Å². The summed E-state index contributed by atoms with van der Waals surface area (Å²) >= 11 is 0. The van der Waals surface area contributed by atoms with E-state index in [1.54, 1.807) is 0 Å². The number of hydrogen-bond donors (Lipinski definition) is 1. The van der Waals surface area contributed by atoms with E-state index >= 15 is 0 Å². The van der Waals surface area contributed by atoms with Gasteiger partial charge in [0.05, 0.1) is 17.8 Å². The molecular formula is C18H28O2. The lowest BCUT2D eigenvalue weighted by Gasteiger charge is -2.41. The second kappa shape index (κ2) is 5.16. The van der Waals surface area contributed by atoms with Crippen LogP contribution in [0.5, 0.6) is 0 Å². The Bertz CT molecular complexity index is 453. The molecule has 1 aromatic carbocycles. The summed E-state index contributed by atoms with van der Waals surface area (Å²) in [6.45, 7) is 11.4. The first-order chi connectivity index (χ1) is 9.10. The summed E-state index contributed by atoms with van der Waals surface area (Å²) < 4.78 is 5.70. The van der Waals surface area contributed by atoms with E-state index in [0.717, 1.165) is 6.42 Å². The SMILES string of the molecule is CC1(C)CC(O)(Cc2ccc(C(C)(C)C)cc2)CCO1. The molecule has 1 aliphatic rings. The van der Waals surface area contributed by atoms with Crippen LogP contribution >= 0.6 is 0 Å². The van der Waals surface area contributed by atoms with Crippen LogP contribution < -0.4 is 0 Å². The fraction of sp³-hybridized carbons (Fsp3) is 0.667. The van der Waals surface area contributed by atoms with E-state index in [2.05, 4.69) is 58.9 Å². The molecule has 0 saturated carbocycles. The Morgan fingerprint density at radius 1 is 1.15 bits per heavy atom. The molecule has 1 fully saturated rings. The molecule has 0 spiro atoms. The predicted molar refractivity (Wildman–Crippen MR) is 83.1 cm³/mol. The van der Waals surface area contributed by atoms with Crippen LogP contribution in [0.15, 0.2) is 24.3 Å². The Hall–Kier alpha value is -0.860. The van der Waals surface area contributed by atoms with Crippen molar-refractivity contribution >= 4 is 0 Å². The number of rotatable bonds is 2. The lowest BCUT2D eigenvalue weighted by atomic mass is 9.79. The minimum atomic E-state index is -0.634. The van der Waals surface area contributed by atoms with Gasteiger partial charge in [0.25, 0.3) is 0 Å². The molecule has 112 valence electrons. The third kappa shape index (κ3) is 3.83. The third-order valence-electron chi connectivity index (χ3n) is 4.17. The third-order valence-corrected chi connectivity index (χ3v) is 4.17. The van der Waals surface area contributed by atoms with Crippen LogP contribution in [0, 0.1) is 0 Å². The highest BCUT2D eigenvalue weighted by atomic mass is 16.5. The smallest absolute Gasteiger partial charge is 0.0737 e. The van der Waals surface area contributed by atoms with E-state index in [1.165, 1.54) is 11.1 Å². The topological polar surface area (TPSA) is 29.5 Å². The van der Waals surface area contributed by atoms with Crippen LogP contribution in [-0.2, 0) is 16.6 Å². The molecule has 1 atom stereocenters. The van der Waals surface area contributed by atoms with Gasteiger partial charge in [0.1, 0.15) is 0 Å². The van der Waals surface area contributed by atoms with Gasteiger partial charge in [-0.1, -0.05) is 45.0 Å². The summed E-state index contributed by atoms with van der Waals surface area (Å²) in [5.74, 6) is 0. The number of ether oxygens (including phenoxy) is 1. The van der Waals surface area contributed by atoms with Crippen LogP contribution in [-0.4, -0.2) is 22.9 Å². The van der Waals surface area contributed by atoms with Gasteiger partial charge in [-0.3, -0.25) is 0 Å². The van der Waals surface area contributed by atoms with Gasteiger partial charge in [-0.2, -0.15) is 0 Å². The Morgan fingerprint density at radius 2 is 1.75 bits per heavy atom. The molecule has 1 saturated heterocycles. The van der Waals surface area contributed by atoms with Crippen molar-refractivity contribution in [2.45, 2.75) is 70.5 Å². The van der Waals surface area contributed by atoms with Crippen molar-refractivity contribution in [3.63, 3.8) is 0 Å². The lowest BCUT2D eigenvalue weighted by molar-refractivity contribution is -0.143. The van der Waals surface area contributed by atoms with Crippen LogP contribution in [0.4, 0.5) is 0 Å². The zero-order valence-electron chi connectivity index (χ0n) is 13.5. The van der Waals surface area contributed by atoms with Crippen molar-refractivity contribution in [2.24, 2.45) is 0 Å². The normalized spacial score (nSPS) is 26.5. The Labute approximate surface area is 123 Å². The molecular weight excluding hydrogens is 248 g/mol. The Morgan fingerprint density at radius 3 is 2.25 bits per heavy atom. The highest BCUT2D eigenvalue weighted by Crippen LogP contribution is 2.34. The van der Waals surface area contributed by atoms with E-state index in [0.29, 0.717) is 19.4 Å². The van der Waals surface area contributed by atoms with Crippen LogP contribution in [0.25, 0.3) is 0 Å². The Balaban J connectivity index is 2.10. The maximum atomic E-state index is 10.8. The van der Waals surface area contributed by atoms with Gasteiger partial charge < -0.3 is 9.84 Å². The van der Waals surface area contributed by atoms with E-state index in [9.17, 15) is 5.11 Å². The maximum absolute atomic E-state index is 10.8. The predicted octanol–water partition coefficient (Wildman–Crippen LogP) is 3.85. The van der Waals surface area contributed by atoms with Gasteiger partial charge >= 0.3 is 0 Å². The van der Waals surface area contributed by atoms with Crippen molar-refractivity contribution in [2.75, 3.05) is 6.61 Å². The van der Waals surface area contributed by atoms with E-state index in [-0.39, 0.29) is 11.0 Å².